The highest BCUT2D eigenvalue weighted by atomic mass is 35.5. The maximum atomic E-state index is 12.8. The van der Waals surface area contributed by atoms with E-state index in [1.807, 2.05) is 36.7 Å². The van der Waals surface area contributed by atoms with Crippen LogP contribution >= 0.6 is 11.6 Å². The van der Waals surface area contributed by atoms with Crippen LogP contribution in [0.1, 0.15) is 35.3 Å². The molecule has 176 valence electrons. The number of hydrogen-bond acceptors (Lipinski definition) is 4. The predicted octanol–water partition coefficient (Wildman–Crippen LogP) is 5.05. The number of amides is 1. The molecule has 2 aromatic carbocycles. The number of aryl methyl sites for hydroxylation is 1. The van der Waals surface area contributed by atoms with Gasteiger partial charge in [-0.05, 0) is 62.6 Å². The second-order valence-corrected chi connectivity index (χ2v) is 9.07. The molecule has 0 fully saturated rings. The van der Waals surface area contributed by atoms with Crippen molar-refractivity contribution in [1.82, 2.24) is 14.7 Å². The van der Waals surface area contributed by atoms with Gasteiger partial charge in [-0.2, -0.15) is 0 Å². The molecule has 0 spiro atoms. The quantitative estimate of drug-likeness (QED) is 0.373. The number of hydrogen-bond donors (Lipinski definition) is 2. The SMILES string of the molecule is Cc1cccn2cc(-c3ccc(CC(CN)NC(=O)c4ccc(OC(C)C)c(Cl)c4)cc3)nc12. The number of carbonyl (C=O) groups is 1. The number of carbonyl (C=O) groups excluding carboxylic acids is 1. The van der Waals surface area contributed by atoms with Gasteiger partial charge in [0, 0.05) is 36.1 Å². The molecule has 0 saturated carbocycles. The first-order valence-electron chi connectivity index (χ1n) is 11.3. The Balaban J connectivity index is 1.42. The molecule has 4 rings (SSSR count). The van der Waals surface area contributed by atoms with Gasteiger partial charge in [0.2, 0.25) is 0 Å². The van der Waals surface area contributed by atoms with Crippen LogP contribution in [0, 0.1) is 6.92 Å². The second kappa shape index (κ2) is 10.3. The van der Waals surface area contributed by atoms with Crippen molar-refractivity contribution in [1.29, 1.82) is 0 Å². The molecule has 3 N–H and O–H groups in total. The van der Waals surface area contributed by atoms with Crippen LogP contribution in [0.25, 0.3) is 16.9 Å². The fraction of sp³-hybridized carbons (Fsp3) is 0.259. The summed E-state index contributed by atoms with van der Waals surface area (Å²) >= 11 is 6.28. The largest absolute Gasteiger partial charge is 0.489 e. The van der Waals surface area contributed by atoms with Gasteiger partial charge in [0.15, 0.2) is 0 Å². The Morgan fingerprint density at radius 1 is 1.18 bits per heavy atom. The number of ether oxygens (including phenoxy) is 1. The van der Waals surface area contributed by atoms with Crippen LogP contribution in [-0.2, 0) is 6.42 Å². The molecule has 0 aliphatic rings. The zero-order chi connectivity index (χ0) is 24.2. The van der Waals surface area contributed by atoms with Crippen LogP contribution in [0.5, 0.6) is 5.75 Å². The molecule has 34 heavy (non-hydrogen) atoms. The van der Waals surface area contributed by atoms with Crippen molar-refractivity contribution in [3.05, 3.63) is 88.7 Å². The van der Waals surface area contributed by atoms with Gasteiger partial charge in [-0.25, -0.2) is 4.98 Å². The average Bonchev–Trinajstić information content (AvgIpc) is 3.26. The summed E-state index contributed by atoms with van der Waals surface area (Å²) in [5, 5.41) is 3.42. The number of nitrogens with zero attached hydrogens (tertiary/aromatic N) is 2. The molecule has 0 aliphatic heterocycles. The molecule has 0 aliphatic carbocycles. The molecule has 7 heteroatoms. The zero-order valence-electron chi connectivity index (χ0n) is 19.6. The predicted molar refractivity (Wildman–Crippen MR) is 137 cm³/mol. The number of aromatic nitrogens is 2. The van der Waals surface area contributed by atoms with Crippen LogP contribution in [0.4, 0.5) is 0 Å². The smallest absolute Gasteiger partial charge is 0.251 e. The lowest BCUT2D eigenvalue weighted by atomic mass is 10.0. The first kappa shape index (κ1) is 23.8. The number of pyridine rings is 1. The van der Waals surface area contributed by atoms with Crippen molar-refractivity contribution >= 4 is 23.2 Å². The van der Waals surface area contributed by atoms with Crippen molar-refractivity contribution in [2.45, 2.75) is 39.3 Å². The molecule has 1 amide bonds. The number of imidazole rings is 1. The molecule has 0 bridgehead atoms. The van der Waals surface area contributed by atoms with Gasteiger partial charge < -0.3 is 20.2 Å². The van der Waals surface area contributed by atoms with E-state index in [9.17, 15) is 4.79 Å². The van der Waals surface area contributed by atoms with E-state index in [0.717, 1.165) is 28.0 Å². The van der Waals surface area contributed by atoms with Crippen molar-refractivity contribution in [2.24, 2.45) is 5.73 Å². The Morgan fingerprint density at radius 3 is 2.59 bits per heavy atom. The third kappa shape index (κ3) is 5.41. The molecule has 1 unspecified atom stereocenters. The van der Waals surface area contributed by atoms with Crippen LogP contribution < -0.4 is 15.8 Å². The summed E-state index contributed by atoms with van der Waals surface area (Å²) in [6.07, 6.45) is 4.65. The highest BCUT2D eigenvalue weighted by Crippen LogP contribution is 2.26. The van der Waals surface area contributed by atoms with Crippen molar-refractivity contribution < 1.29 is 9.53 Å². The van der Waals surface area contributed by atoms with Gasteiger partial charge >= 0.3 is 0 Å². The molecule has 1 atom stereocenters. The Morgan fingerprint density at radius 2 is 1.94 bits per heavy atom. The third-order valence-electron chi connectivity index (χ3n) is 5.59. The molecular formula is C27H29ClN4O2. The highest BCUT2D eigenvalue weighted by Gasteiger charge is 2.16. The van der Waals surface area contributed by atoms with E-state index in [-0.39, 0.29) is 18.1 Å². The van der Waals surface area contributed by atoms with Crippen molar-refractivity contribution in [3.63, 3.8) is 0 Å². The lowest BCUT2D eigenvalue weighted by Crippen LogP contribution is -2.41. The van der Waals surface area contributed by atoms with E-state index >= 15 is 0 Å². The summed E-state index contributed by atoms with van der Waals surface area (Å²) in [5.74, 6) is 0.342. The summed E-state index contributed by atoms with van der Waals surface area (Å²) in [4.78, 5) is 17.5. The zero-order valence-corrected chi connectivity index (χ0v) is 20.3. The van der Waals surface area contributed by atoms with E-state index in [1.54, 1.807) is 18.2 Å². The van der Waals surface area contributed by atoms with Crippen LogP contribution in [0.2, 0.25) is 5.02 Å². The summed E-state index contributed by atoms with van der Waals surface area (Å²) in [7, 11) is 0. The minimum atomic E-state index is -0.217. The Kier molecular flexibility index (Phi) is 7.20. The number of benzene rings is 2. The fourth-order valence-corrected chi connectivity index (χ4v) is 4.07. The number of fused-ring (bicyclic) bond motifs is 1. The molecule has 0 radical (unpaired) electrons. The van der Waals surface area contributed by atoms with Gasteiger partial charge in [0.25, 0.3) is 5.91 Å². The standard InChI is InChI=1S/C27H29ClN4O2/c1-17(2)34-25-11-10-21(14-23(25)28)27(33)30-22(15-29)13-19-6-8-20(9-7-19)24-16-32-12-4-5-18(3)26(32)31-24/h4-12,14,16-17,22H,13,15,29H2,1-3H3,(H,30,33). The maximum Gasteiger partial charge on any atom is 0.251 e. The first-order valence-corrected chi connectivity index (χ1v) is 11.7. The lowest BCUT2D eigenvalue weighted by Gasteiger charge is -2.18. The van der Waals surface area contributed by atoms with E-state index < -0.39 is 0 Å². The number of halogens is 1. The number of nitrogens with two attached hydrogens (primary N) is 1. The number of rotatable bonds is 8. The highest BCUT2D eigenvalue weighted by molar-refractivity contribution is 6.32. The molecule has 2 heterocycles. The van der Waals surface area contributed by atoms with Crippen molar-refractivity contribution in [3.8, 4) is 17.0 Å². The molecule has 2 aromatic heterocycles. The molecule has 0 saturated heterocycles. The number of nitrogens with one attached hydrogen (secondary N) is 1. The summed E-state index contributed by atoms with van der Waals surface area (Å²) < 4.78 is 7.67. The van der Waals surface area contributed by atoms with E-state index in [0.29, 0.717) is 29.3 Å². The Labute approximate surface area is 204 Å². The average molecular weight is 477 g/mol. The first-order chi connectivity index (χ1) is 16.3. The normalized spacial score (nSPS) is 12.2. The van der Waals surface area contributed by atoms with Gasteiger partial charge in [0.1, 0.15) is 11.4 Å². The van der Waals surface area contributed by atoms with Crippen LogP contribution in [0.3, 0.4) is 0 Å². The molecule has 4 aromatic rings. The van der Waals surface area contributed by atoms with Gasteiger partial charge in [0.05, 0.1) is 16.8 Å². The summed E-state index contributed by atoms with van der Waals surface area (Å²) in [6, 6.07) is 17.1. The second-order valence-electron chi connectivity index (χ2n) is 8.67. The van der Waals surface area contributed by atoms with Crippen LogP contribution in [-0.4, -0.2) is 34.0 Å². The van der Waals surface area contributed by atoms with Gasteiger partial charge in [-0.15, -0.1) is 0 Å². The monoisotopic (exact) mass is 476 g/mol. The topological polar surface area (TPSA) is 81.7 Å². The van der Waals surface area contributed by atoms with E-state index in [1.165, 1.54) is 0 Å². The van der Waals surface area contributed by atoms with Crippen LogP contribution in [0.15, 0.2) is 67.0 Å². The summed E-state index contributed by atoms with van der Waals surface area (Å²) in [5.41, 5.74) is 11.6. The maximum absolute atomic E-state index is 12.8. The third-order valence-corrected chi connectivity index (χ3v) is 5.88. The van der Waals surface area contributed by atoms with E-state index in [2.05, 4.69) is 42.6 Å². The Hall–Kier alpha value is -3.35. The lowest BCUT2D eigenvalue weighted by molar-refractivity contribution is 0.0938. The molecule has 6 nitrogen and oxygen atoms in total. The summed E-state index contributed by atoms with van der Waals surface area (Å²) in [6.45, 7) is 6.22. The minimum Gasteiger partial charge on any atom is -0.489 e. The van der Waals surface area contributed by atoms with E-state index in [4.69, 9.17) is 27.1 Å². The fourth-order valence-electron chi connectivity index (χ4n) is 3.84. The van der Waals surface area contributed by atoms with Gasteiger partial charge in [-0.3, -0.25) is 4.79 Å². The Bertz CT molecular complexity index is 1300. The van der Waals surface area contributed by atoms with Crippen molar-refractivity contribution in [2.75, 3.05) is 6.54 Å². The minimum absolute atomic E-state index is 0.00186. The molecular weight excluding hydrogens is 448 g/mol. The van der Waals surface area contributed by atoms with Gasteiger partial charge in [-0.1, -0.05) is 41.9 Å².